The number of hydrogen-bond donors (Lipinski definition) is 0. The number of benzene rings is 1. The molecule has 0 unspecified atom stereocenters. The van der Waals surface area contributed by atoms with Crippen LogP contribution in [0.4, 0.5) is 0 Å². The zero-order valence-electron chi connectivity index (χ0n) is 16.6. The van der Waals surface area contributed by atoms with Gasteiger partial charge in [-0.25, -0.2) is 0 Å². The number of carbonyl (C=O) groups is 1. The molecule has 0 radical (unpaired) electrons. The quantitative estimate of drug-likeness (QED) is 0.513. The summed E-state index contributed by atoms with van der Waals surface area (Å²) >= 11 is 0. The van der Waals surface area contributed by atoms with E-state index in [0.29, 0.717) is 25.2 Å². The van der Waals surface area contributed by atoms with Gasteiger partial charge in [0.05, 0.1) is 30.9 Å². The molecule has 5 nitrogen and oxygen atoms in total. The molecule has 3 atom stereocenters. The summed E-state index contributed by atoms with van der Waals surface area (Å²) in [5.41, 5.74) is 2.23. The Bertz CT molecular complexity index is 632. The molecule has 2 fully saturated rings. The first-order chi connectivity index (χ1) is 13.2. The molecule has 1 heterocycles. The van der Waals surface area contributed by atoms with Gasteiger partial charge in [-0.2, -0.15) is 5.10 Å². The van der Waals surface area contributed by atoms with Crippen molar-refractivity contribution in [2.24, 2.45) is 16.9 Å². The lowest BCUT2D eigenvalue weighted by atomic mass is 9.89. The molecule has 1 aliphatic heterocycles. The monoisotopic (exact) mass is 372 g/mol. The van der Waals surface area contributed by atoms with Crippen LogP contribution in [0.5, 0.6) is 0 Å². The number of methoxy groups -OCH3 is 1. The van der Waals surface area contributed by atoms with E-state index in [1.54, 1.807) is 7.11 Å². The molecule has 1 aromatic carbocycles. The van der Waals surface area contributed by atoms with Gasteiger partial charge in [-0.15, -0.1) is 0 Å². The number of rotatable bonds is 8. The molecular formula is C22H32N2O3. The normalized spacial score (nSPS) is 25.8. The van der Waals surface area contributed by atoms with Crippen LogP contribution in [-0.4, -0.2) is 49.6 Å². The first-order valence-corrected chi connectivity index (χ1v) is 10.3. The van der Waals surface area contributed by atoms with Gasteiger partial charge in [0.15, 0.2) is 0 Å². The summed E-state index contributed by atoms with van der Waals surface area (Å²) in [6.07, 6.45) is 6.18. The van der Waals surface area contributed by atoms with Crippen LogP contribution in [0.25, 0.3) is 0 Å². The smallest absolute Gasteiger partial charge is 0.309 e. The van der Waals surface area contributed by atoms with Crippen LogP contribution in [0.2, 0.25) is 0 Å². The van der Waals surface area contributed by atoms with E-state index < -0.39 is 0 Å². The zero-order valence-corrected chi connectivity index (χ0v) is 16.6. The predicted octanol–water partition coefficient (Wildman–Crippen LogP) is 3.87. The molecule has 0 spiro atoms. The van der Waals surface area contributed by atoms with E-state index in [0.717, 1.165) is 56.3 Å². The molecule has 1 saturated carbocycles. The summed E-state index contributed by atoms with van der Waals surface area (Å²) in [4.78, 5) is 12.4. The summed E-state index contributed by atoms with van der Waals surface area (Å²) < 4.78 is 10.7. The maximum Gasteiger partial charge on any atom is 0.309 e. The second-order valence-electron chi connectivity index (χ2n) is 7.58. The van der Waals surface area contributed by atoms with Gasteiger partial charge < -0.3 is 9.47 Å². The molecule has 27 heavy (non-hydrogen) atoms. The molecule has 0 bridgehead atoms. The molecule has 0 amide bonds. The van der Waals surface area contributed by atoms with Crippen LogP contribution < -0.4 is 0 Å². The topological polar surface area (TPSA) is 51.1 Å². The number of ether oxygens (including phenoxy) is 2. The van der Waals surface area contributed by atoms with Gasteiger partial charge in [0.1, 0.15) is 0 Å². The van der Waals surface area contributed by atoms with Gasteiger partial charge in [0.25, 0.3) is 0 Å². The highest BCUT2D eigenvalue weighted by molar-refractivity contribution is 6.00. The second kappa shape index (κ2) is 9.88. The Morgan fingerprint density at radius 3 is 2.74 bits per heavy atom. The maximum atomic E-state index is 12.4. The third-order valence-electron chi connectivity index (χ3n) is 5.77. The van der Waals surface area contributed by atoms with Crippen molar-refractivity contribution in [3.05, 3.63) is 35.9 Å². The van der Waals surface area contributed by atoms with Crippen molar-refractivity contribution in [2.75, 3.05) is 26.9 Å². The van der Waals surface area contributed by atoms with Crippen molar-refractivity contribution in [1.82, 2.24) is 5.01 Å². The van der Waals surface area contributed by atoms with Crippen LogP contribution in [-0.2, 0) is 14.3 Å². The van der Waals surface area contributed by atoms with Crippen molar-refractivity contribution in [2.45, 2.75) is 51.5 Å². The summed E-state index contributed by atoms with van der Waals surface area (Å²) in [7, 11) is 1.75. The SMILES string of the molecule is CCOC(=O)[C@@H]1CCC[C@H]1CC(=NN1CCC[C@H]1COC)c1ccccc1. The van der Waals surface area contributed by atoms with Crippen LogP contribution in [0, 0.1) is 11.8 Å². The average Bonchev–Trinajstić information content (AvgIpc) is 3.32. The lowest BCUT2D eigenvalue weighted by molar-refractivity contribution is -0.149. The molecule has 5 heteroatoms. The van der Waals surface area contributed by atoms with Crippen LogP contribution in [0.15, 0.2) is 35.4 Å². The van der Waals surface area contributed by atoms with E-state index in [1.807, 2.05) is 13.0 Å². The Hall–Kier alpha value is -1.88. The fourth-order valence-corrected chi connectivity index (χ4v) is 4.41. The van der Waals surface area contributed by atoms with E-state index in [2.05, 4.69) is 29.3 Å². The number of hydrazone groups is 1. The van der Waals surface area contributed by atoms with Gasteiger partial charge in [-0.1, -0.05) is 36.8 Å². The Kier molecular flexibility index (Phi) is 7.27. The highest BCUT2D eigenvalue weighted by Crippen LogP contribution is 2.36. The van der Waals surface area contributed by atoms with Gasteiger partial charge in [0.2, 0.25) is 0 Å². The minimum atomic E-state index is -0.0363. The molecule has 2 aliphatic rings. The van der Waals surface area contributed by atoms with E-state index >= 15 is 0 Å². The number of hydrogen-bond acceptors (Lipinski definition) is 5. The Balaban J connectivity index is 1.80. The first-order valence-electron chi connectivity index (χ1n) is 10.3. The number of nitrogens with zero attached hydrogens (tertiary/aromatic N) is 2. The van der Waals surface area contributed by atoms with Crippen LogP contribution in [0.3, 0.4) is 0 Å². The maximum absolute atomic E-state index is 12.4. The Labute approximate surface area is 162 Å². The number of esters is 1. The molecule has 3 rings (SSSR count). The summed E-state index contributed by atoms with van der Waals surface area (Å²) in [6, 6.07) is 10.7. The van der Waals surface area contributed by atoms with Crippen LogP contribution >= 0.6 is 0 Å². The minimum absolute atomic E-state index is 0.00668. The Morgan fingerprint density at radius 1 is 1.19 bits per heavy atom. The predicted molar refractivity (Wildman–Crippen MR) is 107 cm³/mol. The fourth-order valence-electron chi connectivity index (χ4n) is 4.41. The minimum Gasteiger partial charge on any atom is -0.466 e. The molecule has 1 aromatic rings. The van der Waals surface area contributed by atoms with Crippen molar-refractivity contribution < 1.29 is 14.3 Å². The molecule has 1 saturated heterocycles. The molecule has 0 aromatic heterocycles. The third kappa shape index (κ3) is 5.10. The first kappa shape index (κ1) is 19.9. The van der Waals surface area contributed by atoms with Gasteiger partial charge in [0, 0.05) is 13.7 Å². The van der Waals surface area contributed by atoms with E-state index in [-0.39, 0.29) is 11.9 Å². The number of carbonyl (C=O) groups excluding carboxylic acids is 1. The van der Waals surface area contributed by atoms with E-state index in [1.165, 1.54) is 0 Å². The third-order valence-corrected chi connectivity index (χ3v) is 5.77. The van der Waals surface area contributed by atoms with Crippen molar-refractivity contribution >= 4 is 11.7 Å². The zero-order chi connectivity index (χ0) is 19.1. The van der Waals surface area contributed by atoms with E-state index in [4.69, 9.17) is 14.6 Å². The highest BCUT2D eigenvalue weighted by Gasteiger charge is 2.35. The molecule has 0 N–H and O–H groups in total. The van der Waals surface area contributed by atoms with Gasteiger partial charge in [-0.3, -0.25) is 9.80 Å². The van der Waals surface area contributed by atoms with Crippen molar-refractivity contribution in [1.29, 1.82) is 0 Å². The van der Waals surface area contributed by atoms with Gasteiger partial charge in [-0.05, 0) is 50.5 Å². The summed E-state index contributed by atoms with van der Waals surface area (Å²) in [6.45, 7) is 4.01. The second-order valence-corrected chi connectivity index (χ2v) is 7.58. The lowest BCUT2D eigenvalue weighted by Crippen LogP contribution is -2.30. The standard InChI is InChI=1S/C22H32N2O3/c1-3-27-22(25)20-13-7-11-18(20)15-21(17-9-5-4-6-10-17)23-24-14-8-12-19(24)16-26-2/h4-6,9-10,18-20H,3,7-8,11-16H2,1-2H3/t18-,19-,20+/m0/s1. The Morgan fingerprint density at radius 2 is 2.00 bits per heavy atom. The average molecular weight is 373 g/mol. The molecule has 148 valence electrons. The van der Waals surface area contributed by atoms with E-state index in [9.17, 15) is 4.79 Å². The fraction of sp³-hybridized carbons (Fsp3) is 0.636. The van der Waals surface area contributed by atoms with Gasteiger partial charge >= 0.3 is 5.97 Å². The summed E-state index contributed by atoms with van der Waals surface area (Å²) in [5, 5.41) is 7.26. The molecular weight excluding hydrogens is 340 g/mol. The summed E-state index contributed by atoms with van der Waals surface area (Å²) in [5.74, 6) is 0.282. The highest BCUT2D eigenvalue weighted by atomic mass is 16.5. The lowest BCUT2D eigenvalue weighted by Gasteiger charge is -2.24. The molecule has 1 aliphatic carbocycles. The van der Waals surface area contributed by atoms with Crippen molar-refractivity contribution in [3.8, 4) is 0 Å². The largest absolute Gasteiger partial charge is 0.466 e. The van der Waals surface area contributed by atoms with Crippen molar-refractivity contribution in [3.63, 3.8) is 0 Å². The van der Waals surface area contributed by atoms with Crippen LogP contribution in [0.1, 0.15) is 51.0 Å².